The summed E-state index contributed by atoms with van der Waals surface area (Å²) in [6.45, 7) is 4.35. The molecule has 3 nitrogen and oxygen atoms in total. The summed E-state index contributed by atoms with van der Waals surface area (Å²) >= 11 is 0. The predicted molar refractivity (Wildman–Crippen MR) is 47.0 cm³/mol. The molecule has 0 aromatic carbocycles. The smallest absolute Gasteiger partial charge is 0.334 e. The van der Waals surface area contributed by atoms with Gasteiger partial charge in [-0.25, -0.2) is 4.79 Å². The fourth-order valence-electron chi connectivity index (χ4n) is 2.40. The van der Waals surface area contributed by atoms with E-state index in [9.17, 15) is 9.90 Å². The predicted octanol–water partition coefficient (Wildman–Crippen LogP) is 1.02. The second-order valence-electron chi connectivity index (χ2n) is 4.50. The molecule has 0 fully saturated rings. The third-order valence-electron chi connectivity index (χ3n) is 2.84. The van der Waals surface area contributed by atoms with Gasteiger partial charge in [-0.2, -0.15) is 0 Å². The quantitative estimate of drug-likeness (QED) is 0.569. The summed E-state index contributed by atoms with van der Waals surface area (Å²) < 4.78 is 4.96. The van der Waals surface area contributed by atoms with Crippen molar-refractivity contribution in [2.45, 2.75) is 32.8 Å². The molecular formula is C10H14O3. The maximum absolute atomic E-state index is 11.4. The van der Waals surface area contributed by atoms with Crippen LogP contribution in [0, 0.1) is 5.41 Å². The van der Waals surface area contributed by atoms with Crippen LogP contribution in [0.1, 0.15) is 26.7 Å². The van der Waals surface area contributed by atoms with Crippen molar-refractivity contribution in [3.8, 4) is 0 Å². The Kier molecular flexibility index (Phi) is 1.74. The van der Waals surface area contributed by atoms with Crippen LogP contribution in [-0.2, 0) is 9.53 Å². The minimum Gasteiger partial charge on any atom is -0.458 e. The van der Waals surface area contributed by atoms with Gasteiger partial charge < -0.3 is 9.84 Å². The van der Waals surface area contributed by atoms with Gasteiger partial charge >= 0.3 is 5.97 Å². The van der Waals surface area contributed by atoms with Crippen molar-refractivity contribution in [2.24, 2.45) is 5.41 Å². The van der Waals surface area contributed by atoms with Crippen molar-refractivity contribution < 1.29 is 14.6 Å². The first kappa shape index (κ1) is 8.75. The molecule has 3 heteroatoms. The first-order chi connectivity index (χ1) is 6.00. The number of carbonyl (C=O) groups is 1. The number of aliphatic hydroxyl groups excluding tert-OH is 1. The maximum Gasteiger partial charge on any atom is 0.334 e. The third kappa shape index (κ3) is 1.27. The number of cyclic esters (lactones) is 1. The van der Waals surface area contributed by atoms with E-state index >= 15 is 0 Å². The molecule has 2 rings (SSSR count). The average Bonchev–Trinajstić information content (AvgIpc) is 2.29. The summed E-state index contributed by atoms with van der Waals surface area (Å²) in [5.74, 6) is -0.188. The van der Waals surface area contributed by atoms with E-state index in [-0.39, 0.29) is 17.5 Å². The summed E-state index contributed by atoms with van der Waals surface area (Å²) in [4.78, 5) is 11.4. The Labute approximate surface area is 77.4 Å². The Morgan fingerprint density at radius 1 is 1.54 bits per heavy atom. The average molecular weight is 182 g/mol. The first-order valence-electron chi connectivity index (χ1n) is 4.58. The number of hydrogen-bond donors (Lipinski definition) is 1. The monoisotopic (exact) mass is 182 g/mol. The van der Waals surface area contributed by atoms with Crippen molar-refractivity contribution in [1.82, 2.24) is 0 Å². The van der Waals surface area contributed by atoms with E-state index in [4.69, 9.17) is 4.74 Å². The van der Waals surface area contributed by atoms with E-state index in [1.807, 2.05) is 13.8 Å². The lowest BCUT2D eigenvalue weighted by Gasteiger charge is -2.32. The van der Waals surface area contributed by atoms with Crippen molar-refractivity contribution in [1.29, 1.82) is 0 Å². The Hall–Kier alpha value is -0.830. The van der Waals surface area contributed by atoms with Gasteiger partial charge in [0.2, 0.25) is 0 Å². The molecule has 1 heterocycles. The molecule has 0 saturated carbocycles. The zero-order valence-corrected chi connectivity index (χ0v) is 7.96. The van der Waals surface area contributed by atoms with Crippen molar-refractivity contribution in [3.05, 3.63) is 11.1 Å². The van der Waals surface area contributed by atoms with Crippen LogP contribution >= 0.6 is 0 Å². The van der Waals surface area contributed by atoms with Gasteiger partial charge in [0, 0.05) is 5.57 Å². The molecular weight excluding hydrogens is 168 g/mol. The Morgan fingerprint density at radius 2 is 2.23 bits per heavy atom. The minimum atomic E-state index is -0.316. The molecule has 0 amide bonds. The van der Waals surface area contributed by atoms with Crippen LogP contribution in [0.4, 0.5) is 0 Å². The highest BCUT2D eigenvalue weighted by atomic mass is 16.5. The van der Waals surface area contributed by atoms with E-state index in [0.29, 0.717) is 19.4 Å². The molecule has 0 radical (unpaired) electrons. The van der Waals surface area contributed by atoms with E-state index in [1.165, 1.54) is 0 Å². The molecule has 1 N–H and O–H groups in total. The normalized spacial score (nSPS) is 31.6. The molecule has 72 valence electrons. The van der Waals surface area contributed by atoms with Gasteiger partial charge in [-0.05, 0) is 23.8 Å². The van der Waals surface area contributed by atoms with Gasteiger partial charge in [0.25, 0.3) is 0 Å². The van der Waals surface area contributed by atoms with E-state index in [2.05, 4.69) is 0 Å². The number of carbonyl (C=O) groups excluding carboxylic acids is 1. The summed E-state index contributed by atoms with van der Waals surface area (Å²) in [6, 6.07) is 0. The molecule has 1 unspecified atom stereocenters. The SMILES string of the molecule is CC1(C)CC(O)CC2=C1C(=O)OC2. The van der Waals surface area contributed by atoms with Crippen LogP contribution in [0.3, 0.4) is 0 Å². The fraction of sp³-hybridized carbons (Fsp3) is 0.700. The van der Waals surface area contributed by atoms with E-state index in [0.717, 1.165) is 11.1 Å². The number of aliphatic hydroxyl groups is 1. The van der Waals surface area contributed by atoms with Crippen molar-refractivity contribution in [3.63, 3.8) is 0 Å². The lowest BCUT2D eigenvalue weighted by Crippen LogP contribution is -2.30. The summed E-state index contributed by atoms with van der Waals surface area (Å²) in [6.07, 6.45) is 0.939. The minimum absolute atomic E-state index is 0.188. The highest BCUT2D eigenvalue weighted by Gasteiger charge is 2.42. The summed E-state index contributed by atoms with van der Waals surface area (Å²) in [5.41, 5.74) is 1.58. The number of esters is 1. The Bertz CT molecular complexity index is 289. The van der Waals surface area contributed by atoms with Crippen LogP contribution in [0.5, 0.6) is 0 Å². The zero-order valence-electron chi connectivity index (χ0n) is 7.96. The largest absolute Gasteiger partial charge is 0.458 e. The standard InChI is InChI=1S/C10H14O3/c1-10(2)4-7(11)3-6-5-13-9(12)8(6)10/h7,11H,3-5H2,1-2H3. The Morgan fingerprint density at radius 3 is 2.92 bits per heavy atom. The van der Waals surface area contributed by atoms with Crippen molar-refractivity contribution >= 4 is 5.97 Å². The Balaban J connectivity index is 2.42. The number of rotatable bonds is 0. The molecule has 0 spiro atoms. The highest BCUT2D eigenvalue weighted by molar-refractivity contribution is 5.93. The zero-order chi connectivity index (χ0) is 9.64. The molecule has 0 aromatic heterocycles. The molecule has 0 aromatic rings. The van der Waals surface area contributed by atoms with Crippen LogP contribution < -0.4 is 0 Å². The van der Waals surface area contributed by atoms with E-state index in [1.54, 1.807) is 0 Å². The number of hydrogen-bond acceptors (Lipinski definition) is 3. The van der Waals surface area contributed by atoms with Crippen LogP contribution in [0.25, 0.3) is 0 Å². The highest BCUT2D eigenvalue weighted by Crippen LogP contribution is 2.43. The third-order valence-corrected chi connectivity index (χ3v) is 2.84. The summed E-state index contributed by atoms with van der Waals surface area (Å²) in [5, 5.41) is 9.58. The molecule has 13 heavy (non-hydrogen) atoms. The van der Waals surface area contributed by atoms with Crippen LogP contribution in [0.2, 0.25) is 0 Å². The molecule has 1 aliphatic carbocycles. The van der Waals surface area contributed by atoms with Crippen molar-refractivity contribution in [2.75, 3.05) is 6.61 Å². The summed E-state index contributed by atoms with van der Waals surface area (Å²) in [7, 11) is 0. The van der Waals surface area contributed by atoms with Gasteiger partial charge in [0.1, 0.15) is 6.61 Å². The van der Waals surface area contributed by atoms with Gasteiger partial charge in [0.15, 0.2) is 0 Å². The van der Waals surface area contributed by atoms with E-state index < -0.39 is 0 Å². The van der Waals surface area contributed by atoms with Crippen LogP contribution in [-0.4, -0.2) is 23.8 Å². The topological polar surface area (TPSA) is 46.5 Å². The molecule has 2 aliphatic rings. The van der Waals surface area contributed by atoms with Gasteiger partial charge in [-0.1, -0.05) is 13.8 Å². The van der Waals surface area contributed by atoms with Gasteiger partial charge in [-0.15, -0.1) is 0 Å². The molecule has 1 aliphatic heterocycles. The van der Waals surface area contributed by atoms with Crippen LogP contribution in [0.15, 0.2) is 11.1 Å². The molecule has 1 atom stereocenters. The maximum atomic E-state index is 11.4. The fourth-order valence-corrected chi connectivity index (χ4v) is 2.40. The second kappa shape index (κ2) is 2.58. The molecule has 0 saturated heterocycles. The first-order valence-corrected chi connectivity index (χ1v) is 4.58. The lowest BCUT2D eigenvalue weighted by molar-refractivity contribution is -0.137. The number of ether oxygens (including phenoxy) is 1. The lowest BCUT2D eigenvalue weighted by atomic mass is 9.72. The van der Waals surface area contributed by atoms with Gasteiger partial charge in [-0.3, -0.25) is 0 Å². The molecule has 0 bridgehead atoms. The van der Waals surface area contributed by atoms with Gasteiger partial charge in [0.05, 0.1) is 6.10 Å². The second-order valence-corrected chi connectivity index (χ2v) is 4.50.